The van der Waals surface area contributed by atoms with Crippen LogP contribution in [0.15, 0.2) is 18.2 Å². The lowest BCUT2D eigenvalue weighted by Crippen LogP contribution is -2.10. The van der Waals surface area contributed by atoms with E-state index in [1.165, 1.54) is 37.8 Å². The molecule has 0 amide bonds. The molecule has 0 fully saturated rings. The summed E-state index contributed by atoms with van der Waals surface area (Å²) in [6.45, 7) is 0.998. The largest absolute Gasteiger partial charge is 0.478 e. The van der Waals surface area contributed by atoms with Crippen LogP contribution in [0.2, 0.25) is 0 Å². The summed E-state index contributed by atoms with van der Waals surface area (Å²) in [6.07, 6.45) is 10.0. The van der Waals surface area contributed by atoms with Crippen LogP contribution < -0.4 is 5.32 Å². The van der Waals surface area contributed by atoms with Crippen molar-refractivity contribution in [2.75, 3.05) is 18.5 Å². The minimum atomic E-state index is -4.30. The summed E-state index contributed by atoms with van der Waals surface area (Å²) in [4.78, 5) is 11.2. The van der Waals surface area contributed by atoms with Crippen molar-refractivity contribution in [3.05, 3.63) is 29.3 Å². The van der Waals surface area contributed by atoms with Crippen molar-refractivity contribution in [1.82, 2.24) is 0 Å². The van der Waals surface area contributed by atoms with Gasteiger partial charge in [0, 0.05) is 18.8 Å². The van der Waals surface area contributed by atoms with Crippen LogP contribution in [0.5, 0.6) is 0 Å². The maximum absolute atomic E-state index is 11.2. The first-order valence-electron chi connectivity index (χ1n) is 9.49. The predicted molar refractivity (Wildman–Crippen MR) is 106 cm³/mol. The Kier molecular flexibility index (Phi) is 11.0. The Morgan fingerprint density at radius 2 is 1.48 bits per heavy atom. The summed E-state index contributed by atoms with van der Waals surface area (Å²) >= 11 is 0. The van der Waals surface area contributed by atoms with Gasteiger partial charge in [-0.1, -0.05) is 44.9 Å². The number of rotatable bonds is 15. The molecule has 1 rings (SSSR count). The molecule has 0 heterocycles. The number of aromatic carboxylic acids is 1. The number of unbranched alkanes of at least 4 members (excludes halogenated alkanes) is 8. The van der Waals surface area contributed by atoms with Gasteiger partial charge in [-0.05, 0) is 36.6 Å². The van der Waals surface area contributed by atoms with Crippen molar-refractivity contribution in [1.29, 1.82) is 0 Å². The number of carbonyl (C=O) groups is 1. The van der Waals surface area contributed by atoms with Crippen molar-refractivity contribution in [2.45, 2.75) is 63.5 Å². The van der Waals surface area contributed by atoms with Gasteiger partial charge in [0.05, 0.1) is 5.56 Å². The van der Waals surface area contributed by atoms with E-state index >= 15 is 0 Å². The van der Waals surface area contributed by atoms with E-state index in [-0.39, 0.29) is 17.7 Å². The van der Waals surface area contributed by atoms with Gasteiger partial charge in [-0.3, -0.25) is 4.55 Å². The fraction of sp³-hybridized carbons (Fsp3) is 0.632. The van der Waals surface area contributed by atoms with Gasteiger partial charge in [0.25, 0.3) is 10.1 Å². The molecule has 27 heavy (non-hydrogen) atoms. The van der Waals surface area contributed by atoms with Gasteiger partial charge in [-0.15, -0.1) is 0 Å². The lowest BCUT2D eigenvalue weighted by atomic mass is 10.1. The monoisotopic (exact) mass is 401 g/mol. The van der Waals surface area contributed by atoms with E-state index in [4.69, 9.17) is 14.8 Å². The smallest absolute Gasteiger partial charge is 0.336 e. The lowest BCUT2D eigenvalue weighted by Gasteiger charge is -2.10. The zero-order valence-corrected chi connectivity index (χ0v) is 16.5. The molecule has 1 aromatic rings. The van der Waals surface area contributed by atoms with E-state index in [0.29, 0.717) is 12.2 Å². The minimum Gasteiger partial charge on any atom is -0.478 e. The van der Waals surface area contributed by atoms with E-state index in [1.54, 1.807) is 6.07 Å². The van der Waals surface area contributed by atoms with Gasteiger partial charge in [0.2, 0.25) is 0 Å². The Balaban J connectivity index is 2.30. The van der Waals surface area contributed by atoms with Crippen molar-refractivity contribution in [3.63, 3.8) is 0 Å². The zero-order valence-electron chi connectivity index (χ0n) is 15.7. The molecule has 4 N–H and O–H groups in total. The van der Waals surface area contributed by atoms with E-state index in [9.17, 15) is 13.2 Å². The molecule has 154 valence electrons. The van der Waals surface area contributed by atoms with E-state index in [2.05, 4.69) is 5.32 Å². The minimum absolute atomic E-state index is 0.0659. The van der Waals surface area contributed by atoms with Gasteiger partial charge >= 0.3 is 5.97 Å². The van der Waals surface area contributed by atoms with Crippen molar-refractivity contribution in [2.24, 2.45) is 0 Å². The third-order valence-corrected chi connectivity index (χ3v) is 5.01. The molecule has 0 saturated carbocycles. The number of aliphatic hydroxyl groups is 1. The number of nitrogens with one attached hydrogen (secondary N) is 1. The normalized spacial score (nSPS) is 11.5. The first kappa shape index (κ1) is 23.4. The molecule has 8 heteroatoms. The Labute approximate surface area is 161 Å². The molecule has 0 bridgehead atoms. The molecule has 0 aliphatic rings. The zero-order chi connectivity index (χ0) is 20.1. The highest BCUT2D eigenvalue weighted by Gasteiger charge is 2.16. The van der Waals surface area contributed by atoms with Crippen LogP contribution in [-0.4, -0.2) is 42.3 Å². The summed E-state index contributed by atoms with van der Waals surface area (Å²) in [5, 5.41) is 21.0. The molecule has 1 aromatic carbocycles. The maximum atomic E-state index is 11.2. The number of benzene rings is 1. The third kappa shape index (κ3) is 10.9. The Morgan fingerprint density at radius 3 is 2.00 bits per heavy atom. The third-order valence-electron chi connectivity index (χ3n) is 4.34. The highest BCUT2D eigenvalue weighted by molar-refractivity contribution is 7.85. The highest BCUT2D eigenvalue weighted by atomic mass is 32.2. The van der Waals surface area contributed by atoms with Gasteiger partial charge in [-0.2, -0.15) is 8.42 Å². The molecular weight excluding hydrogens is 370 g/mol. The van der Waals surface area contributed by atoms with Crippen molar-refractivity contribution in [3.8, 4) is 0 Å². The number of hydrogen-bond acceptors (Lipinski definition) is 5. The van der Waals surface area contributed by atoms with Crippen LogP contribution in [-0.2, 0) is 15.9 Å². The number of aliphatic hydroxyl groups excluding tert-OH is 1. The maximum Gasteiger partial charge on any atom is 0.336 e. The number of anilines is 1. The molecule has 0 aliphatic heterocycles. The fourth-order valence-corrected chi connectivity index (χ4v) is 3.57. The number of carboxylic acids is 1. The van der Waals surface area contributed by atoms with Gasteiger partial charge in [0.1, 0.15) is 5.75 Å². The average Bonchev–Trinajstić information content (AvgIpc) is 2.58. The summed E-state index contributed by atoms with van der Waals surface area (Å²) in [6, 6.07) is 4.41. The molecule has 0 radical (unpaired) electrons. The number of hydrogen-bond donors (Lipinski definition) is 4. The van der Waals surface area contributed by atoms with Gasteiger partial charge < -0.3 is 15.5 Å². The lowest BCUT2D eigenvalue weighted by molar-refractivity contribution is 0.0696. The molecular formula is C19H31NO6S. The first-order valence-corrected chi connectivity index (χ1v) is 11.1. The van der Waals surface area contributed by atoms with Crippen molar-refractivity contribution >= 4 is 21.8 Å². The van der Waals surface area contributed by atoms with Crippen LogP contribution in [0.1, 0.15) is 73.7 Å². The Hall–Kier alpha value is -1.64. The van der Waals surface area contributed by atoms with E-state index < -0.39 is 21.8 Å². The second-order valence-electron chi connectivity index (χ2n) is 6.74. The molecule has 0 aromatic heterocycles. The predicted octanol–water partition coefficient (Wildman–Crippen LogP) is 3.69. The van der Waals surface area contributed by atoms with Crippen LogP contribution >= 0.6 is 0 Å². The van der Waals surface area contributed by atoms with Crippen LogP contribution in [0, 0.1) is 0 Å². The highest BCUT2D eigenvalue weighted by Crippen LogP contribution is 2.19. The Morgan fingerprint density at radius 1 is 0.926 bits per heavy atom. The Bertz CT molecular complexity index is 675. The molecule has 0 saturated heterocycles. The van der Waals surface area contributed by atoms with E-state index in [0.717, 1.165) is 32.1 Å². The molecule has 0 unspecified atom stereocenters. The average molecular weight is 402 g/mol. The summed E-state index contributed by atoms with van der Waals surface area (Å²) < 4.78 is 31.1. The topological polar surface area (TPSA) is 124 Å². The van der Waals surface area contributed by atoms with Crippen LogP contribution in [0.4, 0.5) is 5.69 Å². The summed E-state index contributed by atoms with van der Waals surface area (Å²) in [5.41, 5.74) is 0.580. The number of carboxylic acid groups (broad SMARTS) is 1. The standard InChI is InChI=1S/C19H31NO6S/c21-13-9-7-5-3-1-2-4-6-8-12-20-17-10-11-18(19(22)23)16(14-17)15-27(24,25)26/h10-11,14,20-21H,1-9,12-13,15H2,(H,22,23)(H,24,25,26). The molecule has 0 atom stereocenters. The molecule has 0 spiro atoms. The quantitative estimate of drug-likeness (QED) is 0.261. The van der Waals surface area contributed by atoms with Gasteiger partial charge in [0.15, 0.2) is 0 Å². The van der Waals surface area contributed by atoms with Crippen LogP contribution in [0.25, 0.3) is 0 Å². The van der Waals surface area contributed by atoms with Crippen molar-refractivity contribution < 1.29 is 28.0 Å². The second kappa shape index (κ2) is 12.7. The van der Waals surface area contributed by atoms with E-state index in [1.807, 2.05) is 0 Å². The SMILES string of the molecule is O=C(O)c1ccc(NCCCCCCCCCCCO)cc1CS(=O)(=O)O. The fourth-order valence-electron chi connectivity index (χ4n) is 2.94. The summed E-state index contributed by atoms with van der Waals surface area (Å²) in [5.74, 6) is -1.95. The molecule has 7 nitrogen and oxygen atoms in total. The van der Waals surface area contributed by atoms with Crippen LogP contribution in [0.3, 0.4) is 0 Å². The first-order chi connectivity index (χ1) is 12.8. The van der Waals surface area contributed by atoms with Gasteiger partial charge in [-0.25, -0.2) is 4.79 Å². The second-order valence-corrected chi connectivity index (χ2v) is 8.19. The summed E-state index contributed by atoms with van der Waals surface area (Å²) in [7, 11) is -4.30. The molecule has 0 aliphatic carbocycles.